The Morgan fingerprint density at radius 2 is 0.904 bits per heavy atom. The Labute approximate surface area is 466 Å². The van der Waals surface area contributed by atoms with E-state index in [-0.39, 0.29) is 17.1 Å². The summed E-state index contributed by atoms with van der Waals surface area (Å²) in [6.45, 7) is -2.49. The molecule has 3 fully saturated rings. The van der Waals surface area contributed by atoms with Gasteiger partial charge in [-0.2, -0.15) is 0 Å². The average Bonchev–Trinajstić information content (AvgIpc) is 3.61. The van der Waals surface area contributed by atoms with Crippen molar-refractivity contribution in [3.63, 3.8) is 0 Å². The van der Waals surface area contributed by atoms with E-state index < -0.39 is 193 Å². The number of aliphatic hydroxyl groups is 9. The van der Waals surface area contributed by atoms with Crippen molar-refractivity contribution in [2.24, 2.45) is 0 Å². The number of carboxylic acid groups (broad SMARTS) is 1. The van der Waals surface area contributed by atoms with Crippen LogP contribution in [0, 0.1) is 0 Å². The van der Waals surface area contributed by atoms with E-state index in [0.717, 1.165) is 42.5 Å². The number of aromatic hydroxyl groups is 4. The summed E-state index contributed by atoms with van der Waals surface area (Å²) in [7, 11) is 0. The van der Waals surface area contributed by atoms with Gasteiger partial charge in [0.2, 0.25) is 24.6 Å². The third kappa shape index (κ3) is 14.6. The number of phenolic OH excluding ortho intramolecular Hbond substituents is 4. The van der Waals surface area contributed by atoms with Gasteiger partial charge in [-0.1, -0.05) is 24.3 Å². The lowest BCUT2D eigenvalue weighted by Crippen LogP contribution is -2.60. The Hall–Kier alpha value is -8.43. The van der Waals surface area contributed by atoms with Gasteiger partial charge in [-0.25, -0.2) is 9.59 Å². The van der Waals surface area contributed by atoms with Crippen LogP contribution < -0.4 is 19.6 Å². The van der Waals surface area contributed by atoms with E-state index >= 15 is 0 Å². The van der Waals surface area contributed by atoms with E-state index in [2.05, 4.69) is 0 Å². The van der Waals surface area contributed by atoms with E-state index in [0.29, 0.717) is 11.1 Å². The van der Waals surface area contributed by atoms with Crippen LogP contribution in [0.4, 0.5) is 0 Å². The van der Waals surface area contributed by atoms with Gasteiger partial charge < -0.3 is 119 Å². The summed E-state index contributed by atoms with van der Waals surface area (Å²) in [6.07, 6.45) is -26.7. The van der Waals surface area contributed by atoms with Crippen molar-refractivity contribution in [3.05, 3.63) is 112 Å². The van der Waals surface area contributed by atoms with Gasteiger partial charge in [0.25, 0.3) is 0 Å². The highest BCUT2D eigenvalue weighted by molar-refractivity contribution is 5.90. The minimum absolute atomic E-state index is 0.0389. The second kappa shape index (κ2) is 26.2. The van der Waals surface area contributed by atoms with Gasteiger partial charge in [0, 0.05) is 29.8 Å². The van der Waals surface area contributed by atoms with Crippen molar-refractivity contribution in [1.29, 1.82) is 0 Å². The molecule has 4 heterocycles. The molecule has 4 aliphatic heterocycles. The maximum absolute atomic E-state index is 12.7. The molecule has 29 heteroatoms. The van der Waals surface area contributed by atoms with Crippen LogP contribution in [0.1, 0.15) is 17.5 Å². The highest BCUT2D eigenvalue weighted by Gasteiger charge is 2.49. The topological polar surface area (TPSA) is 465 Å². The number of esters is 3. The van der Waals surface area contributed by atoms with Gasteiger partial charge in [-0.3, -0.25) is 14.4 Å². The molecule has 3 aromatic rings. The molecule has 0 saturated carbocycles. The van der Waals surface area contributed by atoms with Gasteiger partial charge in [0.15, 0.2) is 28.4 Å². The molecule has 8 rings (SSSR count). The molecule has 3 saturated heterocycles. The van der Waals surface area contributed by atoms with Crippen molar-refractivity contribution >= 4 is 36.0 Å². The monoisotopic (exact) mass is 1170 g/mol. The second-order valence-corrected chi connectivity index (χ2v) is 18.9. The van der Waals surface area contributed by atoms with Gasteiger partial charge >= 0.3 is 23.9 Å². The molecule has 0 aromatic heterocycles. The molecule has 0 radical (unpaired) electrons. The van der Waals surface area contributed by atoms with E-state index in [1.54, 1.807) is 0 Å². The lowest BCUT2D eigenvalue weighted by Gasteiger charge is -2.40. The zero-order valence-electron chi connectivity index (χ0n) is 42.7. The quantitative estimate of drug-likeness (QED) is 0.0190. The lowest BCUT2D eigenvalue weighted by molar-refractivity contribution is -0.279. The van der Waals surface area contributed by atoms with Crippen LogP contribution in [-0.2, 0) is 47.6 Å². The predicted octanol–water partition coefficient (Wildman–Crippen LogP) is -1.68. The molecule has 1 aliphatic carbocycles. The molecule has 83 heavy (non-hydrogen) atoms. The van der Waals surface area contributed by atoms with Crippen molar-refractivity contribution in [3.8, 4) is 62.9 Å². The van der Waals surface area contributed by atoms with Crippen LogP contribution in [0.15, 0.2) is 100 Å². The minimum Gasteiger partial charge on any atom is -0.508 e. The largest absolute Gasteiger partial charge is 0.508 e. The Morgan fingerprint density at radius 3 is 1.33 bits per heavy atom. The molecule has 0 unspecified atom stereocenters. The first-order valence-electron chi connectivity index (χ1n) is 24.9. The summed E-state index contributed by atoms with van der Waals surface area (Å²) < 4.78 is 56.4. The molecule has 29 nitrogen and oxygen atoms in total. The number of aliphatic carboxylic acids is 1. The predicted molar refractivity (Wildman–Crippen MR) is 272 cm³/mol. The SMILES string of the molecule is O=C(O)CC(=O)OC[C@H]1O[C@@H](Oc2cc3c(O)cc(=O)cc-3oc2-c2cc(O[C@@H]3O[C@@H](COC(=O)C=Cc4ccc(O)cc4)[C@@H](O)[C@H](O)[C@H]3O)c(O)c(O[C@@H]3O[C@H](COC(=O)C=Cc4ccc(O)cc4)[C@@H](O)[C@H](O)[C@H]3O)c2)[C@H](O)[C@@H](O)[C@@H]1O. The molecule has 5 aliphatic rings. The number of carbonyl (C=O) groups is 4. The zero-order valence-corrected chi connectivity index (χ0v) is 42.7. The van der Waals surface area contributed by atoms with Crippen LogP contribution in [0.25, 0.3) is 34.8 Å². The Morgan fingerprint density at radius 1 is 0.494 bits per heavy atom. The Kier molecular flexibility index (Phi) is 19.2. The van der Waals surface area contributed by atoms with Crippen LogP contribution in [-0.4, -0.2) is 207 Å². The number of fused-ring (bicyclic) bond motifs is 1. The maximum atomic E-state index is 12.7. The number of hydrogen-bond acceptors (Lipinski definition) is 28. The normalized spacial score (nSPS) is 28.1. The highest BCUT2D eigenvalue weighted by Crippen LogP contribution is 2.48. The van der Waals surface area contributed by atoms with Crippen LogP contribution in [0.2, 0.25) is 0 Å². The third-order valence-electron chi connectivity index (χ3n) is 12.9. The fourth-order valence-electron chi connectivity index (χ4n) is 8.46. The summed E-state index contributed by atoms with van der Waals surface area (Å²) >= 11 is 0. The summed E-state index contributed by atoms with van der Waals surface area (Å²) in [5.41, 5.74) is -0.529. The van der Waals surface area contributed by atoms with Gasteiger partial charge in [-0.15, -0.1) is 0 Å². The molecule has 444 valence electrons. The van der Waals surface area contributed by atoms with Crippen LogP contribution in [0.3, 0.4) is 0 Å². The van der Waals surface area contributed by atoms with Crippen molar-refractivity contribution in [2.45, 2.75) is 98.5 Å². The summed E-state index contributed by atoms with van der Waals surface area (Å²) in [5.74, 6) is -9.92. The first kappa shape index (κ1) is 60.7. The standard InChI is InChI=1S/C54H54O29/c55-25-7-1-22(2-8-25)5-11-38(61)74-19-34-42(65)45(68)48(71)52(81-34)78-31-13-24(14-32(41(31)64)79-53-49(72)46(69)43(66)35(82-53)20-75-39(62)12-6-23-3-9-26(56)10-4-23)51-33(17-28-29(58)15-27(57)16-30(28)77-51)80-54-50(73)47(70)44(67)36(83-54)21-76-40(63)18-37(59)60/h1-17,34-36,42-50,52-56,58,64-73H,18-21H2,(H,59,60)/t34-,35+,36-,42-,43-,44-,45+,46+,47+,48-,49-,50-,52-,53-,54-/m1/s1. The van der Waals surface area contributed by atoms with Gasteiger partial charge in [0.1, 0.15) is 122 Å². The van der Waals surface area contributed by atoms with E-state index in [1.807, 2.05) is 0 Å². The minimum atomic E-state index is -2.19. The van der Waals surface area contributed by atoms with E-state index in [1.165, 1.54) is 60.7 Å². The lowest BCUT2D eigenvalue weighted by atomic mass is 9.99. The van der Waals surface area contributed by atoms with Crippen LogP contribution >= 0.6 is 0 Å². The van der Waals surface area contributed by atoms with Gasteiger partial charge in [-0.05, 0) is 65.7 Å². The first-order valence-corrected chi connectivity index (χ1v) is 24.9. The zero-order chi connectivity index (χ0) is 60.0. The molecule has 3 aromatic carbocycles. The second-order valence-electron chi connectivity index (χ2n) is 18.9. The number of carbonyl (C=O) groups excluding carboxylic acids is 3. The molecule has 14 N–H and O–H groups in total. The Balaban J connectivity index is 1.15. The van der Waals surface area contributed by atoms with Gasteiger partial charge in [0.05, 0.1) is 5.56 Å². The number of ether oxygens (including phenoxy) is 9. The van der Waals surface area contributed by atoms with Crippen LogP contribution in [0.5, 0.6) is 40.2 Å². The molecule has 0 amide bonds. The smallest absolute Gasteiger partial charge is 0.330 e. The fraction of sp³-hybridized carbons (Fsp3) is 0.352. The number of benzene rings is 4. The average molecular weight is 1170 g/mol. The number of phenols is 4. The van der Waals surface area contributed by atoms with Crippen molar-refractivity contribution in [2.75, 3.05) is 19.8 Å². The highest BCUT2D eigenvalue weighted by atomic mass is 16.7. The van der Waals surface area contributed by atoms with E-state index in [9.17, 15) is 90.4 Å². The maximum Gasteiger partial charge on any atom is 0.330 e. The molecule has 15 atom stereocenters. The number of hydrogen-bond donors (Lipinski definition) is 14. The summed E-state index contributed by atoms with van der Waals surface area (Å²) in [6, 6.07) is 15.9. The first-order chi connectivity index (χ1) is 39.4. The van der Waals surface area contributed by atoms with Crippen molar-refractivity contribution in [1.82, 2.24) is 0 Å². The molecular weight excluding hydrogens is 1110 g/mol. The third-order valence-corrected chi connectivity index (χ3v) is 12.9. The summed E-state index contributed by atoms with van der Waals surface area (Å²) in [5, 5.41) is 150. The number of rotatable bonds is 19. The Bertz CT molecular complexity index is 3070. The fourth-order valence-corrected chi connectivity index (χ4v) is 8.46. The molecule has 0 spiro atoms. The van der Waals surface area contributed by atoms with E-state index in [4.69, 9.17) is 52.2 Å². The molecule has 0 bridgehead atoms. The molecular formula is C54H54O29. The van der Waals surface area contributed by atoms with Crippen molar-refractivity contribution < 1.29 is 138 Å². The number of carboxylic acids is 1. The number of aliphatic hydroxyl groups excluding tert-OH is 9. The summed E-state index contributed by atoms with van der Waals surface area (Å²) in [4.78, 5) is 61.3.